The summed E-state index contributed by atoms with van der Waals surface area (Å²) in [6.07, 6.45) is -7.65. The lowest BCUT2D eigenvalue weighted by atomic mass is 10.1. The molecule has 3 nitrogen and oxygen atoms in total. The summed E-state index contributed by atoms with van der Waals surface area (Å²) in [5.41, 5.74) is -0.510. The molecule has 0 aromatic heterocycles. The second-order valence-corrected chi connectivity index (χ2v) is 4.97. The SMILES string of the molecule is OC(O)C(Oc1cccc(C(F)(F)F)c1)c1ccc(Cl)cc1. The average molecular weight is 333 g/mol. The van der Waals surface area contributed by atoms with Crippen LogP contribution in [0.2, 0.25) is 5.02 Å². The van der Waals surface area contributed by atoms with E-state index >= 15 is 0 Å². The summed E-state index contributed by atoms with van der Waals surface area (Å²) in [5.74, 6) is -0.122. The van der Waals surface area contributed by atoms with Gasteiger partial charge in [-0.2, -0.15) is 13.2 Å². The van der Waals surface area contributed by atoms with E-state index < -0.39 is 24.1 Å². The Kier molecular flexibility index (Phi) is 4.95. The molecular formula is C15H12ClF3O3. The summed E-state index contributed by atoms with van der Waals surface area (Å²) in [5, 5.41) is 19.2. The quantitative estimate of drug-likeness (QED) is 0.838. The first kappa shape index (κ1) is 16.6. The van der Waals surface area contributed by atoms with Crippen molar-refractivity contribution < 1.29 is 28.1 Å². The van der Waals surface area contributed by atoms with Gasteiger partial charge in [0.15, 0.2) is 12.4 Å². The molecule has 2 aromatic rings. The fourth-order valence-corrected chi connectivity index (χ4v) is 1.97. The van der Waals surface area contributed by atoms with E-state index in [1.807, 2.05) is 0 Å². The van der Waals surface area contributed by atoms with Crippen LogP contribution in [0, 0.1) is 0 Å². The number of halogens is 4. The molecule has 0 aliphatic rings. The van der Waals surface area contributed by atoms with Crippen LogP contribution < -0.4 is 4.74 Å². The molecule has 118 valence electrons. The molecule has 22 heavy (non-hydrogen) atoms. The monoisotopic (exact) mass is 332 g/mol. The van der Waals surface area contributed by atoms with Gasteiger partial charge in [0, 0.05) is 5.02 Å². The largest absolute Gasteiger partial charge is 0.480 e. The van der Waals surface area contributed by atoms with Crippen molar-refractivity contribution in [1.29, 1.82) is 0 Å². The van der Waals surface area contributed by atoms with E-state index in [0.29, 0.717) is 10.6 Å². The van der Waals surface area contributed by atoms with Gasteiger partial charge in [-0.25, -0.2) is 0 Å². The fraction of sp³-hybridized carbons (Fsp3) is 0.200. The highest BCUT2D eigenvalue weighted by Crippen LogP contribution is 2.33. The van der Waals surface area contributed by atoms with Gasteiger partial charge >= 0.3 is 6.18 Å². The van der Waals surface area contributed by atoms with Crippen LogP contribution in [0.25, 0.3) is 0 Å². The molecule has 0 spiro atoms. The van der Waals surface area contributed by atoms with E-state index in [-0.39, 0.29) is 5.75 Å². The van der Waals surface area contributed by atoms with E-state index in [2.05, 4.69) is 0 Å². The van der Waals surface area contributed by atoms with Crippen LogP contribution in [0.4, 0.5) is 13.2 Å². The predicted octanol–water partition coefficient (Wildman–Crippen LogP) is 3.79. The summed E-state index contributed by atoms with van der Waals surface area (Å²) < 4.78 is 43.3. The van der Waals surface area contributed by atoms with Crippen molar-refractivity contribution in [3.8, 4) is 5.75 Å². The molecule has 1 atom stereocenters. The van der Waals surface area contributed by atoms with Gasteiger partial charge in [-0.1, -0.05) is 29.8 Å². The fourth-order valence-electron chi connectivity index (χ4n) is 1.85. The topological polar surface area (TPSA) is 49.7 Å². The maximum absolute atomic E-state index is 12.7. The molecule has 1 unspecified atom stereocenters. The minimum absolute atomic E-state index is 0.122. The molecule has 0 fully saturated rings. The average Bonchev–Trinajstić information content (AvgIpc) is 2.45. The molecular weight excluding hydrogens is 321 g/mol. The van der Waals surface area contributed by atoms with E-state index in [4.69, 9.17) is 16.3 Å². The summed E-state index contributed by atoms with van der Waals surface area (Å²) in [6, 6.07) is 10.2. The van der Waals surface area contributed by atoms with E-state index in [0.717, 1.165) is 12.1 Å². The molecule has 0 heterocycles. The second-order valence-electron chi connectivity index (χ2n) is 4.53. The highest BCUT2D eigenvalue weighted by Gasteiger charge is 2.31. The summed E-state index contributed by atoms with van der Waals surface area (Å²) in [6.45, 7) is 0. The van der Waals surface area contributed by atoms with Crippen LogP contribution in [-0.4, -0.2) is 16.5 Å². The van der Waals surface area contributed by atoms with Crippen molar-refractivity contribution in [2.75, 3.05) is 0 Å². The van der Waals surface area contributed by atoms with Gasteiger partial charge in [-0.05, 0) is 35.9 Å². The van der Waals surface area contributed by atoms with Crippen LogP contribution in [0.15, 0.2) is 48.5 Å². The first-order valence-electron chi connectivity index (χ1n) is 6.23. The third-order valence-electron chi connectivity index (χ3n) is 2.89. The zero-order valence-electron chi connectivity index (χ0n) is 11.1. The normalized spacial score (nSPS) is 13.2. The Balaban J connectivity index is 2.27. The van der Waals surface area contributed by atoms with E-state index in [9.17, 15) is 23.4 Å². The smallest absolute Gasteiger partial charge is 0.416 e. The molecule has 0 radical (unpaired) electrons. The Hall–Kier alpha value is -1.76. The number of hydrogen-bond acceptors (Lipinski definition) is 3. The minimum atomic E-state index is -4.51. The van der Waals surface area contributed by atoms with Gasteiger partial charge in [0.05, 0.1) is 5.56 Å². The maximum atomic E-state index is 12.7. The zero-order valence-corrected chi connectivity index (χ0v) is 11.8. The first-order chi connectivity index (χ1) is 10.3. The van der Waals surface area contributed by atoms with Crippen LogP contribution in [-0.2, 0) is 6.18 Å². The van der Waals surface area contributed by atoms with E-state index in [1.165, 1.54) is 36.4 Å². The Morgan fingerprint density at radius 3 is 2.18 bits per heavy atom. The van der Waals surface area contributed by atoms with Crippen molar-refractivity contribution in [1.82, 2.24) is 0 Å². The maximum Gasteiger partial charge on any atom is 0.416 e. The van der Waals surface area contributed by atoms with Crippen molar-refractivity contribution in [3.63, 3.8) is 0 Å². The number of hydrogen-bond donors (Lipinski definition) is 2. The van der Waals surface area contributed by atoms with Gasteiger partial charge in [-0.3, -0.25) is 0 Å². The number of alkyl halides is 3. The zero-order chi connectivity index (χ0) is 16.3. The van der Waals surface area contributed by atoms with Gasteiger partial charge in [0.2, 0.25) is 0 Å². The lowest BCUT2D eigenvalue weighted by Gasteiger charge is -2.21. The number of aliphatic hydroxyl groups excluding tert-OH is 1. The molecule has 0 saturated carbocycles. The van der Waals surface area contributed by atoms with Crippen LogP contribution >= 0.6 is 11.6 Å². The van der Waals surface area contributed by atoms with Gasteiger partial charge < -0.3 is 14.9 Å². The molecule has 2 N–H and O–H groups in total. The van der Waals surface area contributed by atoms with Crippen molar-refractivity contribution in [3.05, 3.63) is 64.7 Å². The number of ether oxygens (including phenoxy) is 1. The molecule has 2 rings (SSSR count). The molecule has 0 aliphatic carbocycles. The molecule has 7 heteroatoms. The number of benzene rings is 2. The third kappa shape index (κ3) is 4.13. The standard InChI is InChI=1S/C15H12ClF3O3/c16-11-6-4-9(5-7-11)13(14(20)21)22-12-3-1-2-10(8-12)15(17,18)19/h1-8,13-14,20-21H. The van der Waals surface area contributed by atoms with E-state index in [1.54, 1.807) is 0 Å². The highest BCUT2D eigenvalue weighted by atomic mass is 35.5. The Labute approximate surface area is 129 Å². The molecule has 0 amide bonds. The Morgan fingerprint density at radius 2 is 1.64 bits per heavy atom. The van der Waals surface area contributed by atoms with Crippen LogP contribution in [0.3, 0.4) is 0 Å². The van der Waals surface area contributed by atoms with Gasteiger partial charge in [0.1, 0.15) is 5.75 Å². The lowest BCUT2D eigenvalue weighted by Crippen LogP contribution is -2.23. The van der Waals surface area contributed by atoms with Gasteiger partial charge in [0.25, 0.3) is 0 Å². The van der Waals surface area contributed by atoms with Crippen molar-refractivity contribution in [2.24, 2.45) is 0 Å². The minimum Gasteiger partial charge on any atom is -0.480 e. The van der Waals surface area contributed by atoms with Crippen molar-refractivity contribution in [2.45, 2.75) is 18.6 Å². The predicted molar refractivity (Wildman–Crippen MR) is 74.5 cm³/mol. The first-order valence-corrected chi connectivity index (χ1v) is 6.60. The second kappa shape index (κ2) is 6.56. The van der Waals surface area contributed by atoms with Crippen molar-refractivity contribution >= 4 is 11.6 Å². The number of aliphatic hydroxyl groups is 2. The molecule has 2 aromatic carbocycles. The van der Waals surface area contributed by atoms with Gasteiger partial charge in [-0.15, -0.1) is 0 Å². The van der Waals surface area contributed by atoms with Crippen LogP contribution in [0.1, 0.15) is 17.2 Å². The van der Waals surface area contributed by atoms with Crippen LogP contribution in [0.5, 0.6) is 5.75 Å². The Bertz CT molecular complexity index is 627. The molecule has 0 saturated heterocycles. The summed E-state index contributed by atoms with van der Waals surface area (Å²) in [7, 11) is 0. The highest BCUT2D eigenvalue weighted by molar-refractivity contribution is 6.30. The summed E-state index contributed by atoms with van der Waals surface area (Å²) >= 11 is 5.74. The summed E-state index contributed by atoms with van der Waals surface area (Å²) in [4.78, 5) is 0. The number of rotatable bonds is 4. The Morgan fingerprint density at radius 1 is 1.00 bits per heavy atom. The molecule has 0 aliphatic heterocycles. The molecule has 0 bridgehead atoms. The lowest BCUT2D eigenvalue weighted by molar-refractivity contribution is -0.138. The third-order valence-corrected chi connectivity index (χ3v) is 3.15.